The Morgan fingerprint density at radius 1 is 1.21 bits per heavy atom. The summed E-state index contributed by atoms with van der Waals surface area (Å²) in [5.41, 5.74) is 2.07. The van der Waals surface area contributed by atoms with E-state index in [0.717, 1.165) is 31.5 Å². The Kier molecular flexibility index (Phi) is 5.02. The van der Waals surface area contributed by atoms with Crippen LogP contribution in [0.25, 0.3) is 20.2 Å². The van der Waals surface area contributed by atoms with Gasteiger partial charge in [-0.25, -0.2) is 9.78 Å². The van der Waals surface area contributed by atoms with E-state index >= 15 is 0 Å². The zero-order chi connectivity index (χ0) is 20.4. The van der Waals surface area contributed by atoms with Crippen LogP contribution in [0.5, 0.6) is 5.75 Å². The van der Waals surface area contributed by atoms with Crippen molar-refractivity contribution >= 4 is 43.3 Å². The number of nitrogens with one attached hydrogen (secondary N) is 1. The summed E-state index contributed by atoms with van der Waals surface area (Å²) in [5, 5.41) is 14.7. The number of thiophene rings is 1. The molecule has 0 bridgehead atoms. The molecule has 2 aromatic carbocycles. The topological polar surface area (TPSA) is 84.2 Å². The number of hydrogen-bond donors (Lipinski definition) is 1. The molecule has 144 valence electrons. The summed E-state index contributed by atoms with van der Waals surface area (Å²) >= 11 is 1.47. The lowest BCUT2D eigenvalue weighted by atomic mass is 10.1. The summed E-state index contributed by atoms with van der Waals surface area (Å²) in [6.07, 6.45) is 1.58. The van der Waals surface area contributed by atoms with Gasteiger partial charge >= 0.3 is 5.97 Å². The van der Waals surface area contributed by atoms with Crippen LogP contribution in [0, 0.1) is 11.3 Å². The molecule has 0 spiro atoms. The summed E-state index contributed by atoms with van der Waals surface area (Å²) in [7, 11) is 2.99. The van der Waals surface area contributed by atoms with Gasteiger partial charge in [0.15, 0.2) is 0 Å². The smallest absolute Gasteiger partial charge is 0.337 e. The summed E-state index contributed by atoms with van der Waals surface area (Å²) in [4.78, 5) is 16.3. The van der Waals surface area contributed by atoms with E-state index in [1.165, 1.54) is 18.4 Å². The first kappa shape index (κ1) is 18.7. The third-order valence-corrected chi connectivity index (χ3v) is 5.84. The molecule has 0 fully saturated rings. The maximum Gasteiger partial charge on any atom is 0.337 e. The molecule has 2 heterocycles. The normalized spacial score (nSPS) is 10.7. The van der Waals surface area contributed by atoms with Gasteiger partial charge < -0.3 is 14.8 Å². The van der Waals surface area contributed by atoms with Gasteiger partial charge in [-0.15, -0.1) is 11.3 Å². The first-order valence-corrected chi connectivity index (χ1v) is 9.66. The Balaban J connectivity index is 1.77. The third kappa shape index (κ3) is 3.46. The summed E-state index contributed by atoms with van der Waals surface area (Å²) in [5.74, 6) is 1.12. The molecule has 0 aliphatic rings. The maximum atomic E-state index is 11.9. The fourth-order valence-corrected chi connectivity index (χ4v) is 4.36. The van der Waals surface area contributed by atoms with E-state index in [9.17, 15) is 10.1 Å². The predicted molar refractivity (Wildman–Crippen MR) is 114 cm³/mol. The molecule has 4 aromatic rings. The van der Waals surface area contributed by atoms with Gasteiger partial charge in [0.05, 0.1) is 30.0 Å². The van der Waals surface area contributed by atoms with Crippen LogP contribution in [-0.2, 0) is 11.3 Å². The monoisotopic (exact) mass is 403 g/mol. The van der Waals surface area contributed by atoms with Crippen molar-refractivity contribution in [1.82, 2.24) is 4.98 Å². The number of ether oxygens (including phenoxy) is 2. The van der Waals surface area contributed by atoms with Gasteiger partial charge in [-0.1, -0.05) is 18.2 Å². The fraction of sp³-hybridized carbons (Fsp3) is 0.136. The lowest BCUT2D eigenvalue weighted by Gasteiger charge is -2.09. The average Bonchev–Trinajstić information content (AvgIpc) is 3.16. The molecule has 0 atom stereocenters. The van der Waals surface area contributed by atoms with Crippen LogP contribution in [0.1, 0.15) is 21.5 Å². The zero-order valence-corrected chi connectivity index (χ0v) is 16.7. The molecule has 0 unspecified atom stereocenters. The van der Waals surface area contributed by atoms with E-state index in [1.54, 1.807) is 25.4 Å². The van der Waals surface area contributed by atoms with Gasteiger partial charge in [-0.3, -0.25) is 0 Å². The van der Waals surface area contributed by atoms with Crippen LogP contribution in [-0.4, -0.2) is 25.2 Å². The first-order chi connectivity index (χ1) is 14.1. The van der Waals surface area contributed by atoms with Gasteiger partial charge in [-0.2, -0.15) is 5.26 Å². The predicted octanol–water partition coefficient (Wildman–Crippen LogP) is 4.73. The minimum atomic E-state index is -0.388. The minimum absolute atomic E-state index is 0.388. The third-order valence-electron chi connectivity index (χ3n) is 4.65. The molecule has 0 aliphatic heterocycles. The van der Waals surface area contributed by atoms with Crippen molar-refractivity contribution in [3.05, 3.63) is 65.4 Å². The number of nitriles is 1. The van der Waals surface area contributed by atoms with E-state index in [-0.39, 0.29) is 5.97 Å². The number of methoxy groups -OCH3 is 2. The van der Waals surface area contributed by atoms with Crippen LogP contribution >= 0.6 is 11.3 Å². The van der Waals surface area contributed by atoms with Gasteiger partial charge in [0.25, 0.3) is 0 Å². The minimum Gasteiger partial charge on any atom is -0.497 e. The Labute approximate surface area is 171 Å². The largest absolute Gasteiger partial charge is 0.497 e. The van der Waals surface area contributed by atoms with E-state index < -0.39 is 0 Å². The number of hydrogen-bond acceptors (Lipinski definition) is 7. The van der Waals surface area contributed by atoms with Crippen molar-refractivity contribution in [1.29, 1.82) is 5.26 Å². The Morgan fingerprint density at radius 2 is 2.00 bits per heavy atom. The van der Waals surface area contributed by atoms with Gasteiger partial charge in [0, 0.05) is 28.2 Å². The highest BCUT2D eigenvalue weighted by atomic mass is 32.1. The summed E-state index contributed by atoms with van der Waals surface area (Å²) < 4.78 is 11.8. The first-order valence-electron chi connectivity index (χ1n) is 8.85. The highest BCUT2D eigenvalue weighted by molar-refractivity contribution is 7.26. The second-order valence-corrected chi connectivity index (χ2v) is 7.39. The van der Waals surface area contributed by atoms with Crippen LogP contribution in [0.3, 0.4) is 0 Å². The van der Waals surface area contributed by atoms with E-state index in [4.69, 9.17) is 9.47 Å². The number of anilines is 1. The lowest BCUT2D eigenvalue weighted by Crippen LogP contribution is -2.02. The van der Waals surface area contributed by atoms with Crippen LogP contribution in [0.15, 0.2) is 48.7 Å². The number of benzene rings is 2. The van der Waals surface area contributed by atoms with Crippen molar-refractivity contribution in [2.75, 3.05) is 19.5 Å². The molecular formula is C22H17N3O3S. The molecule has 0 saturated carbocycles. The fourth-order valence-electron chi connectivity index (χ4n) is 3.16. The highest BCUT2D eigenvalue weighted by Gasteiger charge is 2.16. The van der Waals surface area contributed by atoms with Crippen molar-refractivity contribution in [3.63, 3.8) is 0 Å². The highest BCUT2D eigenvalue weighted by Crippen LogP contribution is 2.39. The number of esters is 1. The Hall–Kier alpha value is -3.63. The number of nitrogens with zero attached hydrogens (tertiary/aromatic N) is 2. The number of aromatic nitrogens is 1. The molecular weight excluding hydrogens is 386 g/mol. The van der Waals surface area contributed by atoms with Gasteiger partial charge in [0.1, 0.15) is 17.6 Å². The quantitative estimate of drug-likeness (QED) is 0.485. The molecule has 29 heavy (non-hydrogen) atoms. The van der Waals surface area contributed by atoms with Crippen molar-refractivity contribution in [2.45, 2.75) is 6.54 Å². The van der Waals surface area contributed by atoms with Crippen LogP contribution in [0.2, 0.25) is 0 Å². The van der Waals surface area contributed by atoms with Gasteiger partial charge in [-0.05, 0) is 29.8 Å². The SMILES string of the molecule is COC(=O)c1ccc2c(c1)sc1c(C#N)cnc(NCc3ccc(OC)cc3)c12. The van der Waals surface area contributed by atoms with E-state index in [2.05, 4.69) is 16.4 Å². The van der Waals surface area contributed by atoms with Crippen molar-refractivity contribution in [2.24, 2.45) is 0 Å². The summed E-state index contributed by atoms with van der Waals surface area (Å²) in [6, 6.07) is 15.4. The molecule has 0 saturated heterocycles. The molecule has 0 amide bonds. The van der Waals surface area contributed by atoms with Crippen LogP contribution in [0.4, 0.5) is 5.82 Å². The molecule has 7 heteroatoms. The number of rotatable bonds is 5. The van der Waals surface area contributed by atoms with E-state index in [1.807, 2.05) is 30.3 Å². The second kappa shape index (κ2) is 7.78. The lowest BCUT2D eigenvalue weighted by molar-refractivity contribution is 0.0601. The van der Waals surface area contributed by atoms with Gasteiger partial charge in [0.2, 0.25) is 0 Å². The number of carbonyl (C=O) groups is 1. The standard InChI is InChI=1S/C22H17N3O3S/c1-27-16-6-3-13(4-7-16)11-24-21-19-17-8-5-14(22(26)28-2)9-18(17)29-20(19)15(10-23)12-25-21/h3-9,12H,11H2,1-2H3,(H,24,25). The molecule has 0 aliphatic carbocycles. The van der Waals surface area contributed by atoms with Crippen molar-refractivity contribution < 1.29 is 14.3 Å². The van der Waals surface area contributed by atoms with Crippen molar-refractivity contribution in [3.8, 4) is 11.8 Å². The molecule has 0 radical (unpaired) electrons. The number of fused-ring (bicyclic) bond motifs is 3. The average molecular weight is 403 g/mol. The van der Waals surface area contributed by atoms with E-state index in [0.29, 0.717) is 23.5 Å². The zero-order valence-electron chi connectivity index (χ0n) is 15.9. The second-order valence-electron chi connectivity index (χ2n) is 6.34. The molecule has 1 N–H and O–H groups in total. The molecule has 6 nitrogen and oxygen atoms in total. The molecule has 2 aromatic heterocycles. The Morgan fingerprint density at radius 3 is 2.69 bits per heavy atom. The molecule has 4 rings (SSSR count). The number of pyridine rings is 1. The number of carbonyl (C=O) groups excluding carboxylic acids is 1. The Bertz CT molecular complexity index is 1260. The maximum absolute atomic E-state index is 11.9. The summed E-state index contributed by atoms with van der Waals surface area (Å²) in [6.45, 7) is 0.579. The van der Waals surface area contributed by atoms with Crippen LogP contribution < -0.4 is 10.1 Å².